The lowest BCUT2D eigenvalue weighted by atomic mass is 10.1. The molecule has 1 saturated heterocycles. The van der Waals surface area contributed by atoms with Gasteiger partial charge in [0.2, 0.25) is 0 Å². The van der Waals surface area contributed by atoms with E-state index in [4.69, 9.17) is 0 Å². The number of para-hydroxylation sites is 1. The van der Waals surface area contributed by atoms with Crippen LogP contribution in [0, 0.1) is 20.8 Å². The van der Waals surface area contributed by atoms with Gasteiger partial charge in [-0.1, -0.05) is 30.3 Å². The van der Waals surface area contributed by atoms with Crippen LogP contribution in [-0.2, 0) is 0 Å². The highest BCUT2D eigenvalue weighted by atomic mass is 16.2. The number of hydrogen-bond acceptors (Lipinski definition) is 2. The molecule has 4 heteroatoms. The number of amides is 2. The van der Waals surface area contributed by atoms with Gasteiger partial charge in [0.25, 0.3) is 0 Å². The van der Waals surface area contributed by atoms with Crippen molar-refractivity contribution >= 4 is 17.4 Å². The number of nitrogens with zero attached hydrogens (tertiary/aromatic N) is 2. The van der Waals surface area contributed by atoms with Gasteiger partial charge >= 0.3 is 6.03 Å². The topological polar surface area (TPSA) is 35.6 Å². The summed E-state index contributed by atoms with van der Waals surface area (Å²) in [6.07, 6.45) is 0. The van der Waals surface area contributed by atoms with E-state index in [-0.39, 0.29) is 6.03 Å². The molecular weight excluding hydrogens is 298 g/mol. The van der Waals surface area contributed by atoms with Gasteiger partial charge in [-0.15, -0.1) is 0 Å². The summed E-state index contributed by atoms with van der Waals surface area (Å²) in [5.41, 5.74) is 5.92. The lowest BCUT2D eigenvalue weighted by Gasteiger charge is -2.37. The molecule has 0 spiro atoms. The third kappa shape index (κ3) is 3.53. The number of hydrogen-bond donors (Lipinski definition) is 1. The number of urea groups is 1. The average molecular weight is 323 g/mol. The van der Waals surface area contributed by atoms with Crippen LogP contribution in [0.1, 0.15) is 16.7 Å². The van der Waals surface area contributed by atoms with E-state index in [2.05, 4.69) is 42.3 Å². The smallest absolute Gasteiger partial charge is 0.321 e. The Hall–Kier alpha value is -2.49. The van der Waals surface area contributed by atoms with Crippen LogP contribution in [0.15, 0.2) is 42.5 Å². The highest BCUT2D eigenvalue weighted by Gasteiger charge is 2.22. The second-order valence-corrected chi connectivity index (χ2v) is 6.51. The predicted molar refractivity (Wildman–Crippen MR) is 99.9 cm³/mol. The molecule has 24 heavy (non-hydrogen) atoms. The molecular formula is C20H25N3O. The Morgan fingerprint density at radius 2 is 1.54 bits per heavy atom. The SMILES string of the molecule is Cc1cccc(NC(=O)N2CCN(c3c(C)cccc3C)CC2)c1. The van der Waals surface area contributed by atoms with Gasteiger partial charge in [-0.25, -0.2) is 4.79 Å². The average Bonchev–Trinajstić information content (AvgIpc) is 2.55. The first kappa shape index (κ1) is 16.4. The third-order valence-corrected chi connectivity index (χ3v) is 4.59. The summed E-state index contributed by atoms with van der Waals surface area (Å²) >= 11 is 0. The minimum absolute atomic E-state index is 0.0123. The quantitative estimate of drug-likeness (QED) is 0.908. The molecule has 0 radical (unpaired) electrons. The van der Waals surface area contributed by atoms with Gasteiger partial charge in [0, 0.05) is 37.6 Å². The number of nitrogens with one attached hydrogen (secondary N) is 1. The van der Waals surface area contributed by atoms with E-state index in [0.717, 1.165) is 37.4 Å². The van der Waals surface area contributed by atoms with Crippen LogP contribution in [0.2, 0.25) is 0 Å². The number of anilines is 2. The molecule has 126 valence electrons. The summed E-state index contributed by atoms with van der Waals surface area (Å²) in [7, 11) is 0. The van der Waals surface area contributed by atoms with Crippen LogP contribution in [0.5, 0.6) is 0 Å². The lowest BCUT2D eigenvalue weighted by Crippen LogP contribution is -2.50. The van der Waals surface area contributed by atoms with E-state index in [1.807, 2.05) is 36.1 Å². The molecule has 1 aliphatic heterocycles. The fraction of sp³-hybridized carbons (Fsp3) is 0.350. The number of benzene rings is 2. The van der Waals surface area contributed by atoms with Crippen LogP contribution >= 0.6 is 0 Å². The Kier molecular flexibility index (Phi) is 4.74. The minimum atomic E-state index is -0.0123. The van der Waals surface area contributed by atoms with Gasteiger partial charge < -0.3 is 15.1 Å². The Balaban J connectivity index is 1.61. The lowest BCUT2D eigenvalue weighted by molar-refractivity contribution is 0.208. The van der Waals surface area contributed by atoms with E-state index in [1.54, 1.807) is 0 Å². The van der Waals surface area contributed by atoms with Crippen molar-refractivity contribution in [2.75, 3.05) is 36.4 Å². The molecule has 0 aliphatic carbocycles. The largest absolute Gasteiger partial charge is 0.368 e. The van der Waals surface area contributed by atoms with Crippen LogP contribution in [0.3, 0.4) is 0 Å². The van der Waals surface area contributed by atoms with Gasteiger partial charge in [0.1, 0.15) is 0 Å². The van der Waals surface area contributed by atoms with Gasteiger partial charge in [-0.3, -0.25) is 0 Å². The van der Waals surface area contributed by atoms with E-state index in [1.165, 1.54) is 16.8 Å². The first-order chi connectivity index (χ1) is 11.5. The molecule has 3 rings (SSSR count). The maximum Gasteiger partial charge on any atom is 0.321 e. The molecule has 0 unspecified atom stereocenters. The molecule has 0 saturated carbocycles. The molecule has 4 nitrogen and oxygen atoms in total. The van der Waals surface area contributed by atoms with Gasteiger partial charge in [0.05, 0.1) is 0 Å². The highest BCUT2D eigenvalue weighted by molar-refractivity contribution is 5.89. The van der Waals surface area contributed by atoms with Crippen molar-refractivity contribution in [2.24, 2.45) is 0 Å². The zero-order chi connectivity index (χ0) is 17.1. The van der Waals surface area contributed by atoms with E-state index < -0.39 is 0 Å². The Bertz CT molecular complexity index is 713. The van der Waals surface area contributed by atoms with Crippen LogP contribution in [0.4, 0.5) is 16.2 Å². The van der Waals surface area contributed by atoms with Crippen molar-refractivity contribution in [3.05, 3.63) is 59.2 Å². The Morgan fingerprint density at radius 3 is 2.17 bits per heavy atom. The van der Waals surface area contributed by atoms with Crippen LogP contribution in [-0.4, -0.2) is 37.1 Å². The van der Waals surface area contributed by atoms with E-state index >= 15 is 0 Å². The summed E-state index contributed by atoms with van der Waals surface area (Å²) in [5, 5.41) is 3.00. The summed E-state index contributed by atoms with van der Waals surface area (Å²) < 4.78 is 0. The van der Waals surface area contributed by atoms with Crippen LogP contribution in [0.25, 0.3) is 0 Å². The minimum Gasteiger partial charge on any atom is -0.368 e. The number of carbonyl (C=O) groups excluding carboxylic acids is 1. The first-order valence-corrected chi connectivity index (χ1v) is 8.48. The molecule has 1 fully saturated rings. The predicted octanol–water partition coefficient (Wildman–Crippen LogP) is 3.97. The zero-order valence-electron chi connectivity index (χ0n) is 14.7. The molecule has 1 N–H and O–H groups in total. The summed E-state index contributed by atoms with van der Waals surface area (Å²) in [6.45, 7) is 9.55. The van der Waals surface area contributed by atoms with Gasteiger partial charge in [0.15, 0.2) is 0 Å². The van der Waals surface area contributed by atoms with Gasteiger partial charge in [-0.05, 0) is 49.6 Å². The van der Waals surface area contributed by atoms with Crippen molar-refractivity contribution in [2.45, 2.75) is 20.8 Å². The number of carbonyl (C=O) groups is 1. The number of aryl methyl sites for hydroxylation is 3. The zero-order valence-corrected chi connectivity index (χ0v) is 14.7. The molecule has 2 aromatic carbocycles. The normalized spacial score (nSPS) is 14.6. The third-order valence-electron chi connectivity index (χ3n) is 4.59. The number of rotatable bonds is 2. The first-order valence-electron chi connectivity index (χ1n) is 8.48. The molecule has 0 aromatic heterocycles. The summed E-state index contributed by atoms with van der Waals surface area (Å²) in [5.74, 6) is 0. The summed E-state index contributed by atoms with van der Waals surface area (Å²) in [4.78, 5) is 16.7. The molecule has 0 atom stereocenters. The fourth-order valence-electron chi connectivity index (χ4n) is 3.36. The van der Waals surface area contributed by atoms with Crippen molar-refractivity contribution in [1.29, 1.82) is 0 Å². The molecule has 2 amide bonds. The second-order valence-electron chi connectivity index (χ2n) is 6.51. The summed E-state index contributed by atoms with van der Waals surface area (Å²) in [6, 6.07) is 14.3. The van der Waals surface area contributed by atoms with E-state index in [0.29, 0.717) is 0 Å². The highest BCUT2D eigenvalue weighted by Crippen LogP contribution is 2.25. The molecule has 1 aliphatic rings. The molecule has 2 aromatic rings. The maximum atomic E-state index is 12.5. The van der Waals surface area contributed by atoms with Crippen molar-refractivity contribution in [1.82, 2.24) is 4.90 Å². The Morgan fingerprint density at radius 1 is 0.917 bits per heavy atom. The van der Waals surface area contributed by atoms with E-state index in [9.17, 15) is 4.79 Å². The molecule has 1 heterocycles. The van der Waals surface area contributed by atoms with Crippen molar-refractivity contribution in [3.8, 4) is 0 Å². The standard InChI is InChI=1S/C20H25N3O/c1-15-6-4-9-18(14-15)21-20(24)23-12-10-22(11-13-23)19-16(2)7-5-8-17(19)3/h4-9,14H,10-13H2,1-3H3,(H,21,24). The number of piperazine rings is 1. The van der Waals surface area contributed by atoms with Gasteiger partial charge in [-0.2, -0.15) is 0 Å². The van der Waals surface area contributed by atoms with Crippen molar-refractivity contribution in [3.63, 3.8) is 0 Å². The fourth-order valence-corrected chi connectivity index (χ4v) is 3.36. The monoisotopic (exact) mass is 323 g/mol. The Labute approximate surface area is 144 Å². The maximum absolute atomic E-state index is 12.5. The van der Waals surface area contributed by atoms with Crippen LogP contribution < -0.4 is 10.2 Å². The van der Waals surface area contributed by atoms with Crippen molar-refractivity contribution < 1.29 is 4.79 Å². The molecule has 0 bridgehead atoms. The second kappa shape index (κ2) is 6.95.